The van der Waals surface area contributed by atoms with Gasteiger partial charge in [-0.15, -0.1) is 0 Å². The molecule has 0 N–H and O–H groups in total. The van der Waals surface area contributed by atoms with E-state index in [0.29, 0.717) is 5.02 Å². The van der Waals surface area contributed by atoms with Crippen LogP contribution in [0.2, 0.25) is 5.02 Å². The lowest BCUT2D eigenvalue weighted by Crippen LogP contribution is -1.82. The fraction of sp³-hybridized carbons (Fsp3) is 0.125. The maximum Gasteiger partial charge on any atom is 0.182 e. The summed E-state index contributed by atoms with van der Waals surface area (Å²) in [4.78, 5) is 4.25. The van der Waals surface area contributed by atoms with Crippen LogP contribution in [0.25, 0.3) is 5.52 Å². The van der Waals surface area contributed by atoms with E-state index in [-0.39, 0.29) is 0 Å². The first-order valence-electron chi connectivity index (χ1n) is 3.48. The number of pyridine rings is 1. The molecule has 0 bridgehead atoms. The zero-order valence-electron chi connectivity index (χ0n) is 6.38. The van der Waals surface area contributed by atoms with Crippen molar-refractivity contribution >= 4 is 33.0 Å². The summed E-state index contributed by atoms with van der Waals surface area (Å²) in [7, 11) is 0. The quantitative estimate of drug-likeness (QED) is 0.697. The molecule has 0 aliphatic rings. The van der Waals surface area contributed by atoms with Crippen molar-refractivity contribution in [1.29, 1.82) is 0 Å². The molecule has 0 amide bonds. The SMILES string of the molecule is Cc1nc(Br)n2cc(Cl)ccc12. The first-order valence-corrected chi connectivity index (χ1v) is 4.65. The van der Waals surface area contributed by atoms with Crippen LogP contribution in [-0.4, -0.2) is 9.38 Å². The van der Waals surface area contributed by atoms with E-state index in [2.05, 4.69) is 20.9 Å². The number of imidazole rings is 1. The Kier molecular flexibility index (Phi) is 1.85. The third kappa shape index (κ3) is 1.13. The summed E-state index contributed by atoms with van der Waals surface area (Å²) >= 11 is 9.18. The molecule has 2 aromatic heterocycles. The van der Waals surface area contributed by atoms with Crippen LogP contribution in [-0.2, 0) is 0 Å². The predicted molar refractivity (Wildman–Crippen MR) is 52.6 cm³/mol. The molecule has 0 unspecified atom stereocenters. The minimum Gasteiger partial charge on any atom is -0.293 e. The number of rotatable bonds is 0. The van der Waals surface area contributed by atoms with Gasteiger partial charge in [0.2, 0.25) is 0 Å². The average Bonchev–Trinajstić information content (AvgIpc) is 2.28. The van der Waals surface area contributed by atoms with E-state index < -0.39 is 0 Å². The summed E-state index contributed by atoms with van der Waals surface area (Å²) < 4.78 is 2.70. The highest BCUT2D eigenvalue weighted by Gasteiger charge is 2.04. The molecule has 12 heavy (non-hydrogen) atoms. The van der Waals surface area contributed by atoms with Crippen molar-refractivity contribution in [3.63, 3.8) is 0 Å². The lowest BCUT2D eigenvalue weighted by Gasteiger charge is -1.95. The standard InChI is InChI=1S/C8H6BrClN2/c1-5-7-3-2-6(10)4-12(7)8(9)11-5/h2-4H,1H3. The second kappa shape index (κ2) is 2.75. The third-order valence-corrected chi connectivity index (χ3v) is 2.52. The van der Waals surface area contributed by atoms with Gasteiger partial charge in [0.25, 0.3) is 0 Å². The third-order valence-electron chi connectivity index (χ3n) is 1.74. The normalized spacial score (nSPS) is 10.9. The molecule has 0 aliphatic carbocycles. The van der Waals surface area contributed by atoms with E-state index in [0.717, 1.165) is 15.9 Å². The van der Waals surface area contributed by atoms with E-state index in [9.17, 15) is 0 Å². The number of nitrogens with zero attached hydrogens (tertiary/aromatic N) is 2. The number of aryl methyl sites for hydroxylation is 1. The summed E-state index contributed by atoms with van der Waals surface area (Å²) in [5.74, 6) is 0. The first-order chi connectivity index (χ1) is 5.68. The molecule has 0 radical (unpaired) electrons. The van der Waals surface area contributed by atoms with Crippen molar-refractivity contribution in [2.45, 2.75) is 6.92 Å². The van der Waals surface area contributed by atoms with Crippen molar-refractivity contribution in [1.82, 2.24) is 9.38 Å². The van der Waals surface area contributed by atoms with Crippen LogP contribution in [0, 0.1) is 6.92 Å². The second-order valence-corrected chi connectivity index (χ2v) is 3.71. The number of aromatic nitrogens is 2. The fourth-order valence-corrected chi connectivity index (χ4v) is 1.89. The highest BCUT2D eigenvalue weighted by atomic mass is 79.9. The van der Waals surface area contributed by atoms with Crippen LogP contribution < -0.4 is 0 Å². The topological polar surface area (TPSA) is 17.3 Å². The lowest BCUT2D eigenvalue weighted by molar-refractivity contribution is 1.09. The van der Waals surface area contributed by atoms with Crippen LogP contribution in [0.15, 0.2) is 23.1 Å². The molecule has 0 fully saturated rings. The average molecular weight is 246 g/mol. The van der Waals surface area contributed by atoms with Crippen molar-refractivity contribution < 1.29 is 0 Å². The maximum atomic E-state index is 5.83. The molecule has 2 heterocycles. The maximum absolute atomic E-state index is 5.83. The van der Waals surface area contributed by atoms with Gasteiger partial charge in [-0.05, 0) is 35.0 Å². The van der Waals surface area contributed by atoms with Gasteiger partial charge in [0.15, 0.2) is 4.73 Å². The van der Waals surface area contributed by atoms with Crippen LogP contribution >= 0.6 is 27.5 Å². The van der Waals surface area contributed by atoms with Gasteiger partial charge in [-0.3, -0.25) is 4.40 Å². The van der Waals surface area contributed by atoms with Crippen molar-refractivity contribution in [3.8, 4) is 0 Å². The Bertz CT molecular complexity index is 436. The van der Waals surface area contributed by atoms with Gasteiger partial charge in [-0.1, -0.05) is 11.6 Å². The van der Waals surface area contributed by atoms with Gasteiger partial charge in [-0.2, -0.15) is 0 Å². The van der Waals surface area contributed by atoms with Crippen molar-refractivity contribution in [2.24, 2.45) is 0 Å². The summed E-state index contributed by atoms with van der Waals surface area (Å²) in [5.41, 5.74) is 2.07. The van der Waals surface area contributed by atoms with Gasteiger partial charge in [0.05, 0.1) is 16.2 Å². The van der Waals surface area contributed by atoms with Gasteiger partial charge >= 0.3 is 0 Å². The molecule has 62 valence electrons. The Hall–Kier alpha value is -0.540. The fourth-order valence-electron chi connectivity index (χ4n) is 1.17. The Balaban J connectivity index is 2.90. The summed E-state index contributed by atoms with van der Waals surface area (Å²) in [6.07, 6.45) is 1.83. The minimum atomic E-state index is 0.709. The molecule has 4 heteroatoms. The van der Waals surface area contributed by atoms with Gasteiger partial charge in [-0.25, -0.2) is 4.98 Å². The molecule has 0 spiro atoms. The van der Waals surface area contributed by atoms with Crippen molar-refractivity contribution in [2.75, 3.05) is 0 Å². The van der Waals surface area contributed by atoms with Crippen LogP contribution in [0.3, 0.4) is 0 Å². The molecule has 0 aromatic carbocycles. The van der Waals surface area contributed by atoms with E-state index >= 15 is 0 Å². The van der Waals surface area contributed by atoms with Crippen molar-refractivity contribution in [3.05, 3.63) is 33.8 Å². The summed E-state index contributed by atoms with van der Waals surface area (Å²) in [6, 6.07) is 3.81. The minimum absolute atomic E-state index is 0.709. The predicted octanol–water partition coefficient (Wildman–Crippen LogP) is 3.06. The van der Waals surface area contributed by atoms with Gasteiger partial charge in [0.1, 0.15) is 0 Å². The Morgan fingerprint density at radius 1 is 1.50 bits per heavy atom. The molecule has 0 aliphatic heterocycles. The van der Waals surface area contributed by atoms with E-state index in [1.807, 2.05) is 29.7 Å². The number of halogens is 2. The largest absolute Gasteiger partial charge is 0.293 e. The molecule has 2 aromatic rings. The zero-order valence-corrected chi connectivity index (χ0v) is 8.72. The van der Waals surface area contributed by atoms with Crippen LogP contribution in [0.1, 0.15) is 5.69 Å². The smallest absolute Gasteiger partial charge is 0.182 e. The molecular formula is C8H6BrClN2. The number of hydrogen-bond donors (Lipinski definition) is 0. The Morgan fingerprint density at radius 2 is 2.25 bits per heavy atom. The second-order valence-electron chi connectivity index (χ2n) is 2.57. The lowest BCUT2D eigenvalue weighted by atomic mass is 10.3. The van der Waals surface area contributed by atoms with Crippen LogP contribution in [0.5, 0.6) is 0 Å². The summed E-state index contributed by atoms with van der Waals surface area (Å²) in [5, 5.41) is 0.709. The van der Waals surface area contributed by atoms with Gasteiger partial charge in [0, 0.05) is 6.20 Å². The summed E-state index contributed by atoms with van der Waals surface area (Å²) in [6.45, 7) is 1.97. The van der Waals surface area contributed by atoms with E-state index in [1.54, 1.807) is 0 Å². The molecule has 0 atom stereocenters. The monoisotopic (exact) mass is 244 g/mol. The highest BCUT2D eigenvalue weighted by Crippen LogP contribution is 2.19. The highest BCUT2D eigenvalue weighted by molar-refractivity contribution is 9.10. The van der Waals surface area contributed by atoms with Gasteiger partial charge < -0.3 is 0 Å². The number of fused-ring (bicyclic) bond motifs is 1. The zero-order chi connectivity index (χ0) is 8.72. The molecular weight excluding hydrogens is 239 g/mol. The molecule has 2 rings (SSSR count). The molecule has 0 saturated heterocycles. The van der Waals surface area contributed by atoms with Crippen LogP contribution in [0.4, 0.5) is 0 Å². The Labute approximate surface area is 83.3 Å². The molecule has 2 nitrogen and oxygen atoms in total. The number of hydrogen-bond acceptors (Lipinski definition) is 1. The van der Waals surface area contributed by atoms with E-state index in [1.165, 1.54) is 0 Å². The first kappa shape index (κ1) is 8.08. The van der Waals surface area contributed by atoms with E-state index in [4.69, 9.17) is 11.6 Å². The molecule has 0 saturated carbocycles. The Morgan fingerprint density at radius 3 is 3.00 bits per heavy atom.